The molecule has 1 saturated heterocycles. The largest absolute Gasteiger partial charge is 0.496 e. The van der Waals surface area contributed by atoms with E-state index in [-0.39, 0.29) is 11.5 Å². The smallest absolute Gasteiger partial charge is 0.171 e. The first-order chi connectivity index (χ1) is 12.6. The molecule has 1 heterocycles. The molecule has 2 aliphatic carbocycles. The van der Waals surface area contributed by atoms with Crippen molar-refractivity contribution >= 4 is 17.3 Å². The highest BCUT2D eigenvalue weighted by Crippen LogP contribution is 2.51. The maximum Gasteiger partial charge on any atom is 0.171 e. The number of rotatable bonds is 3. The number of nitrogens with zero attached hydrogens (tertiary/aromatic N) is 1. The van der Waals surface area contributed by atoms with E-state index in [1.165, 1.54) is 25.7 Å². The summed E-state index contributed by atoms with van der Waals surface area (Å²) in [7, 11) is 1.70. The van der Waals surface area contributed by atoms with Gasteiger partial charge in [-0.25, -0.2) is 0 Å². The summed E-state index contributed by atoms with van der Waals surface area (Å²) in [5.41, 5.74) is 0.206. The molecule has 0 radical (unpaired) electrons. The molecule has 3 fully saturated rings. The molecule has 0 unspecified atom stereocenters. The SMILES string of the molecule is COc1ccccc1CN1C(=S)NC2(CCCCC2)[C@@H]2CCCC[C@]21O. The van der Waals surface area contributed by atoms with Gasteiger partial charge in [0.05, 0.1) is 13.7 Å². The Labute approximate surface area is 161 Å². The van der Waals surface area contributed by atoms with Gasteiger partial charge >= 0.3 is 0 Å². The molecular formula is C21H30N2O2S. The first kappa shape index (κ1) is 18.1. The second-order valence-electron chi connectivity index (χ2n) is 8.22. The highest BCUT2D eigenvalue weighted by atomic mass is 32.1. The van der Waals surface area contributed by atoms with Crippen LogP contribution in [0.4, 0.5) is 0 Å². The highest BCUT2D eigenvalue weighted by molar-refractivity contribution is 7.80. The first-order valence-electron chi connectivity index (χ1n) is 10.0. The molecular weight excluding hydrogens is 344 g/mol. The summed E-state index contributed by atoms with van der Waals surface area (Å²) >= 11 is 5.81. The fourth-order valence-electron chi connectivity index (χ4n) is 5.59. The van der Waals surface area contributed by atoms with Crippen molar-refractivity contribution in [3.8, 4) is 5.75 Å². The second-order valence-corrected chi connectivity index (χ2v) is 8.61. The van der Waals surface area contributed by atoms with E-state index in [1.807, 2.05) is 23.1 Å². The minimum Gasteiger partial charge on any atom is -0.496 e. The summed E-state index contributed by atoms with van der Waals surface area (Å²) in [6, 6.07) is 8.03. The zero-order valence-corrected chi connectivity index (χ0v) is 16.5. The molecule has 1 spiro atoms. The number of methoxy groups -OCH3 is 1. The zero-order valence-electron chi connectivity index (χ0n) is 15.7. The van der Waals surface area contributed by atoms with Gasteiger partial charge in [-0.3, -0.25) is 0 Å². The topological polar surface area (TPSA) is 44.7 Å². The monoisotopic (exact) mass is 374 g/mol. The van der Waals surface area contributed by atoms with Crippen LogP contribution in [-0.4, -0.2) is 33.5 Å². The van der Waals surface area contributed by atoms with Gasteiger partial charge in [-0.15, -0.1) is 0 Å². The molecule has 4 nitrogen and oxygen atoms in total. The van der Waals surface area contributed by atoms with Crippen molar-refractivity contribution in [3.63, 3.8) is 0 Å². The number of ether oxygens (including phenoxy) is 1. The standard InChI is InChI=1S/C21H30N2O2S/c1-25-17-10-4-3-9-16(17)15-23-19(26)22-20(12-6-2-7-13-20)18-11-5-8-14-21(18,23)24/h3-4,9-10,18,24H,2,5-8,11-15H2,1H3,(H,22,26)/t18-,21-/m0/s1. The summed E-state index contributed by atoms with van der Waals surface area (Å²) in [6.45, 7) is 0.582. The zero-order chi connectivity index (χ0) is 18.2. The summed E-state index contributed by atoms with van der Waals surface area (Å²) in [6.07, 6.45) is 10.2. The Balaban J connectivity index is 1.68. The molecule has 5 heteroatoms. The van der Waals surface area contributed by atoms with E-state index in [9.17, 15) is 5.11 Å². The maximum absolute atomic E-state index is 11.9. The Hall–Kier alpha value is -1.33. The van der Waals surface area contributed by atoms with Crippen molar-refractivity contribution in [3.05, 3.63) is 29.8 Å². The number of nitrogens with one attached hydrogen (secondary N) is 1. The number of benzene rings is 1. The van der Waals surface area contributed by atoms with Gasteiger partial charge < -0.3 is 20.1 Å². The lowest BCUT2D eigenvalue weighted by atomic mass is 9.62. The van der Waals surface area contributed by atoms with Crippen LogP contribution in [0.1, 0.15) is 63.4 Å². The number of hydrogen-bond acceptors (Lipinski definition) is 3. The number of aliphatic hydroxyl groups is 1. The molecule has 0 aromatic heterocycles. The fourth-order valence-corrected chi connectivity index (χ4v) is 6.02. The van der Waals surface area contributed by atoms with Crippen molar-refractivity contribution < 1.29 is 9.84 Å². The molecule has 4 rings (SSSR count). The van der Waals surface area contributed by atoms with Crippen LogP contribution in [0.15, 0.2) is 24.3 Å². The average Bonchev–Trinajstić information content (AvgIpc) is 2.66. The number of fused-ring (bicyclic) bond motifs is 2. The molecule has 0 amide bonds. The van der Waals surface area contributed by atoms with Crippen LogP contribution in [0.25, 0.3) is 0 Å². The van der Waals surface area contributed by atoms with E-state index >= 15 is 0 Å². The number of thiocarbonyl (C=S) groups is 1. The summed E-state index contributed by atoms with van der Waals surface area (Å²) in [5.74, 6) is 1.09. The number of para-hydroxylation sites is 1. The van der Waals surface area contributed by atoms with Crippen LogP contribution < -0.4 is 10.1 Å². The van der Waals surface area contributed by atoms with Crippen LogP contribution in [-0.2, 0) is 6.54 Å². The van der Waals surface area contributed by atoms with E-state index in [1.54, 1.807) is 7.11 Å². The Morgan fingerprint density at radius 1 is 1.15 bits per heavy atom. The lowest BCUT2D eigenvalue weighted by molar-refractivity contribution is -0.184. The van der Waals surface area contributed by atoms with Crippen molar-refractivity contribution in [2.24, 2.45) is 5.92 Å². The Bertz CT molecular complexity index is 674. The first-order valence-corrected chi connectivity index (χ1v) is 10.4. The highest BCUT2D eigenvalue weighted by Gasteiger charge is 2.58. The van der Waals surface area contributed by atoms with E-state index in [2.05, 4.69) is 11.4 Å². The van der Waals surface area contributed by atoms with Crippen molar-refractivity contribution in [2.45, 2.75) is 75.6 Å². The molecule has 1 aromatic carbocycles. The quantitative estimate of drug-likeness (QED) is 0.784. The summed E-state index contributed by atoms with van der Waals surface area (Å²) in [4.78, 5) is 2.05. The lowest BCUT2D eigenvalue weighted by Crippen LogP contribution is -2.75. The van der Waals surface area contributed by atoms with Crippen molar-refractivity contribution in [1.82, 2.24) is 10.2 Å². The minimum absolute atomic E-state index is 0.0121. The van der Waals surface area contributed by atoms with Gasteiger partial charge in [-0.2, -0.15) is 0 Å². The molecule has 2 saturated carbocycles. The molecule has 142 valence electrons. The lowest BCUT2D eigenvalue weighted by Gasteiger charge is -2.61. The van der Waals surface area contributed by atoms with E-state index in [0.717, 1.165) is 43.4 Å². The van der Waals surface area contributed by atoms with Gasteiger partial charge in [0.2, 0.25) is 0 Å². The third-order valence-electron chi connectivity index (χ3n) is 6.85. The Morgan fingerprint density at radius 2 is 1.88 bits per heavy atom. The van der Waals surface area contributed by atoms with Crippen LogP contribution in [0, 0.1) is 5.92 Å². The average molecular weight is 375 g/mol. The van der Waals surface area contributed by atoms with E-state index in [4.69, 9.17) is 17.0 Å². The van der Waals surface area contributed by atoms with Gasteiger partial charge in [-0.1, -0.05) is 43.9 Å². The van der Waals surface area contributed by atoms with Crippen molar-refractivity contribution in [2.75, 3.05) is 7.11 Å². The van der Waals surface area contributed by atoms with Gasteiger partial charge in [0.25, 0.3) is 0 Å². The van der Waals surface area contributed by atoms with Crippen LogP contribution in [0.5, 0.6) is 5.75 Å². The Morgan fingerprint density at radius 3 is 2.65 bits per heavy atom. The van der Waals surface area contributed by atoms with Gasteiger partial charge in [-0.05, 0) is 50.4 Å². The molecule has 2 N–H and O–H groups in total. The maximum atomic E-state index is 11.9. The number of hydrogen-bond donors (Lipinski definition) is 2. The molecule has 1 aliphatic heterocycles. The molecule has 26 heavy (non-hydrogen) atoms. The van der Waals surface area contributed by atoms with Crippen LogP contribution >= 0.6 is 12.2 Å². The summed E-state index contributed by atoms with van der Waals surface area (Å²) < 4.78 is 5.53. The van der Waals surface area contributed by atoms with E-state index < -0.39 is 5.72 Å². The molecule has 3 aliphatic rings. The normalized spacial score (nSPS) is 30.6. The van der Waals surface area contributed by atoms with Gasteiger partial charge in [0.15, 0.2) is 5.11 Å². The fraction of sp³-hybridized carbons (Fsp3) is 0.667. The third kappa shape index (κ3) is 2.89. The second kappa shape index (κ2) is 7.01. The van der Waals surface area contributed by atoms with Crippen LogP contribution in [0.2, 0.25) is 0 Å². The minimum atomic E-state index is -0.848. The third-order valence-corrected chi connectivity index (χ3v) is 7.17. The summed E-state index contributed by atoms with van der Waals surface area (Å²) in [5, 5.41) is 16.3. The van der Waals surface area contributed by atoms with Gasteiger partial charge in [0.1, 0.15) is 11.5 Å². The predicted octanol–water partition coefficient (Wildman–Crippen LogP) is 3.97. The molecule has 1 aromatic rings. The molecule has 0 bridgehead atoms. The van der Waals surface area contributed by atoms with Gasteiger partial charge in [0, 0.05) is 17.0 Å². The predicted molar refractivity (Wildman–Crippen MR) is 107 cm³/mol. The van der Waals surface area contributed by atoms with Crippen LogP contribution in [0.3, 0.4) is 0 Å². The van der Waals surface area contributed by atoms with E-state index in [0.29, 0.717) is 11.7 Å². The Kier molecular flexibility index (Phi) is 4.86. The molecule has 2 atom stereocenters. The van der Waals surface area contributed by atoms with Crippen molar-refractivity contribution in [1.29, 1.82) is 0 Å².